The second-order valence-electron chi connectivity index (χ2n) is 13.3. The molecule has 0 spiro atoms. The highest BCUT2D eigenvalue weighted by molar-refractivity contribution is 6.02. The Hall–Kier alpha value is -3.88. The summed E-state index contributed by atoms with van der Waals surface area (Å²) in [5.41, 5.74) is -0.275. The lowest BCUT2D eigenvalue weighted by atomic mass is 10.0. The first kappa shape index (κ1) is 40.5. The van der Waals surface area contributed by atoms with E-state index in [9.17, 15) is 32.7 Å². The minimum Gasteiger partial charge on any atom is -0.490 e. The Morgan fingerprint density at radius 1 is 1.04 bits per heavy atom. The Morgan fingerprint density at radius 3 is 2.34 bits per heavy atom. The van der Waals surface area contributed by atoms with Gasteiger partial charge in [-0.2, -0.15) is 13.2 Å². The number of aliphatic hydroxyl groups is 1. The lowest BCUT2D eigenvalue weighted by molar-refractivity contribution is -0.137. The van der Waals surface area contributed by atoms with Gasteiger partial charge in [0.25, 0.3) is 5.91 Å². The van der Waals surface area contributed by atoms with Crippen LogP contribution in [0.1, 0.15) is 68.8 Å². The molecule has 3 N–H and O–H groups in total. The molecule has 11 nitrogen and oxygen atoms in total. The summed E-state index contributed by atoms with van der Waals surface area (Å²) in [5, 5.41) is 15.3. The van der Waals surface area contributed by atoms with Gasteiger partial charge in [0.1, 0.15) is 5.75 Å². The van der Waals surface area contributed by atoms with Gasteiger partial charge >= 0.3 is 12.2 Å². The SMILES string of the molecule is C[C@H](CO)N1C[C@H](C)[C@H](CN(C)C(=O)CCCN(C)C)OCCCC[C@H](C)Oc2ccc(NC(=O)Nc3ccc(C(F)(F)F)cc3)cc2C1=O. The van der Waals surface area contributed by atoms with Crippen LogP contribution in [0.5, 0.6) is 5.75 Å². The average Bonchev–Trinajstić information content (AvgIpc) is 3.05. The number of ether oxygens (including phenoxy) is 2. The molecule has 4 amide bonds. The van der Waals surface area contributed by atoms with Crippen molar-refractivity contribution in [1.29, 1.82) is 0 Å². The fourth-order valence-electron chi connectivity index (χ4n) is 5.61. The van der Waals surface area contributed by atoms with Crippen LogP contribution < -0.4 is 15.4 Å². The molecule has 0 aromatic heterocycles. The first-order valence-corrected chi connectivity index (χ1v) is 17.1. The van der Waals surface area contributed by atoms with E-state index in [1.807, 2.05) is 32.8 Å². The molecular formula is C36H52F3N5O6. The first-order valence-electron chi connectivity index (χ1n) is 17.1. The molecule has 1 aliphatic rings. The van der Waals surface area contributed by atoms with Crippen molar-refractivity contribution in [1.82, 2.24) is 14.7 Å². The number of halogens is 3. The number of urea groups is 1. The van der Waals surface area contributed by atoms with Crippen LogP contribution in [0, 0.1) is 5.92 Å². The van der Waals surface area contributed by atoms with E-state index in [1.54, 1.807) is 35.9 Å². The monoisotopic (exact) mass is 707 g/mol. The van der Waals surface area contributed by atoms with Crippen molar-refractivity contribution < 1.29 is 42.1 Å². The number of benzene rings is 2. The third-order valence-electron chi connectivity index (χ3n) is 8.66. The van der Waals surface area contributed by atoms with Crippen molar-refractivity contribution in [3.63, 3.8) is 0 Å². The van der Waals surface area contributed by atoms with Gasteiger partial charge in [-0.05, 0) is 103 Å². The molecule has 4 atom stereocenters. The summed E-state index contributed by atoms with van der Waals surface area (Å²) in [7, 11) is 5.69. The Balaban J connectivity index is 1.86. The molecule has 50 heavy (non-hydrogen) atoms. The number of fused-ring (bicyclic) bond motifs is 1. The van der Waals surface area contributed by atoms with Crippen LogP contribution in [-0.2, 0) is 15.7 Å². The van der Waals surface area contributed by atoms with E-state index < -0.39 is 29.7 Å². The Bertz CT molecular complexity index is 1410. The van der Waals surface area contributed by atoms with E-state index >= 15 is 0 Å². The number of alkyl halides is 3. The van der Waals surface area contributed by atoms with Gasteiger partial charge in [-0.25, -0.2) is 4.79 Å². The van der Waals surface area contributed by atoms with Crippen molar-refractivity contribution in [2.75, 3.05) is 64.6 Å². The molecule has 0 aliphatic carbocycles. The number of amides is 4. The van der Waals surface area contributed by atoms with Crippen LogP contribution in [0.4, 0.5) is 29.3 Å². The molecule has 0 saturated carbocycles. The highest BCUT2D eigenvalue weighted by Gasteiger charge is 2.32. The van der Waals surface area contributed by atoms with Gasteiger partial charge in [0.15, 0.2) is 0 Å². The Morgan fingerprint density at radius 2 is 1.70 bits per heavy atom. The number of likely N-dealkylation sites (N-methyl/N-ethyl adjacent to an activating group) is 1. The van der Waals surface area contributed by atoms with Gasteiger partial charge < -0.3 is 39.9 Å². The minimum atomic E-state index is -4.50. The Kier molecular flexibility index (Phi) is 15.3. The van der Waals surface area contributed by atoms with Crippen molar-refractivity contribution in [3.8, 4) is 5.75 Å². The lowest BCUT2D eigenvalue weighted by Crippen LogP contribution is -2.48. The Labute approximate surface area is 293 Å². The molecule has 3 rings (SSSR count). The number of carbonyl (C=O) groups excluding carboxylic acids is 3. The minimum absolute atomic E-state index is 0.0148. The lowest BCUT2D eigenvalue weighted by Gasteiger charge is -2.36. The molecule has 1 heterocycles. The molecule has 0 saturated heterocycles. The van der Waals surface area contributed by atoms with Crippen molar-refractivity contribution >= 4 is 29.2 Å². The summed E-state index contributed by atoms with van der Waals surface area (Å²) in [5.74, 6) is -0.337. The maximum absolute atomic E-state index is 14.3. The summed E-state index contributed by atoms with van der Waals surface area (Å²) in [6.07, 6.45) is -1.72. The van der Waals surface area contributed by atoms with Gasteiger partial charge in [0.05, 0.1) is 36.0 Å². The molecule has 0 bridgehead atoms. The second kappa shape index (κ2) is 18.9. The van der Waals surface area contributed by atoms with Crippen LogP contribution in [0.15, 0.2) is 42.5 Å². The zero-order chi connectivity index (χ0) is 37.0. The van der Waals surface area contributed by atoms with Crippen LogP contribution in [0.3, 0.4) is 0 Å². The summed E-state index contributed by atoms with van der Waals surface area (Å²) >= 11 is 0. The fourth-order valence-corrected chi connectivity index (χ4v) is 5.61. The maximum Gasteiger partial charge on any atom is 0.416 e. The number of rotatable bonds is 10. The highest BCUT2D eigenvalue weighted by atomic mass is 19.4. The molecule has 0 radical (unpaired) electrons. The van der Waals surface area contributed by atoms with E-state index in [-0.39, 0.29) is 54.1 Å². The molecular weight excluding hydrogens is 655 g/mol. The second-order valence-corrected chi connectivity index (χ2v) is 13.3. The zero-order valence-electron chi connectivity index (χ0n) is 29.9. The standard InChI is InChI=1S/C36H52F3N5O6/c1-24-21-44(25(2)23-45)34(47)30-20-29(41-35(48)40-28-14-12-27(13-15-28)36(37,38)39)16-17-31(30)50-26(3)10-7-8-19-49-32(24)22-43(6)33(46)11-9-18-42(4)5/h12-17,20,24-26,32,45H,7-11,18-19,21-23H2,1-6H3,(H2,40,41,48)/t24-,25+,26-,32-/m0/s1. The number of nitrogens with one attached hydrogen (secondary N) is 2. The molecule has 2 aromatic carbocycles. The van der Waals surface area contributed by atoms with Crippen molar-refractivity contribution in [2.45, 2.75) is 77.3 Å². The smallest absolute Gasteiger partial charge is 0.416 e. The third-order valence-corrected chi connectivity index (χ3v) is 8.66. The molecule has 0 fully saturated rings. The van der Waals surface area contributed by atoms with Gasteiger partial charge in [-0.1, -0.05) is 6.92 Å². The predicted octanol–water partition coefficient (Wildman–Crippen LogP) is 5.95. The quantitative estimate of drug-likeness (QED) is 0.279. The normalized spacial score (nSPS) is 19.9. The fraction of sp³-hybridized carbons (Fsp3) is 0.583. The highest BCUT2D eigenvalue weighted by Crippen LogP contribution is 2.31. The van der Waals surface area contributed by atoms with Crippen molar-refractivity contribution in [2.24, 2.45) is 5.92 Å². The van der Waals surface area contributed by atoms with Crippen molar-refractivity contribution in [3.05, 3.63) is 53.6 Å². The third kappa shape index (κ3) is 12.5. The molecule has 0 unspecified atom stereocenters. The van der Waals surface area contributed by atoms with Crippen LogP contribution in [-0.4, -0.2) is 110 Å². The van der Waals surface area contributed by atoms with E-state index in [1.165, 1.54) is 6.07 Å². The number of hydrogen-bond donors (Lipinski definition) is 3. The van der Waals surface area contributed by atoms with Crippen LogP contribution in [0.25, 0.3) is 0 Å². The van der Waals surface area contributed by atoms with E-state index in [0.717, 1.165) is 50.1 Å². The average molecular weight is 708 g/mol. The predicted molar refractivity (Wildman–Crippen MR) is 186 cm³/mol. The van der Waals surface area contributed by atoms with E-state index in [4.69, 9.17) is 9.47 Å². The molecule has 2 aromatic rings. The molecule has 1 aliphatic heterocycles. The summed E-state index contributed by atoms with van der Waals surface area (Å²) in [6, 6.07) is 7.38. The van der Waals surface area contributed by atoms with Gasteiger partial charge in [0.2, 0.25) is 5.91 Å². The van der Waals surface area contributed by atoms with Gasteiger partial charge in [0, 0.05) is 50.5 Å². The summed E-state index contributed by atoms with van der Waals surface area (Å²) < 4.78 is 51.4. The number of nitrogens with zero attached hydrogens (tertiary/aromatic N) is 3. The molecule has 14 heteroatoms. The topological polar surface area (TPSA) is 124 Å². The maximum atomic E-state index is 14.3. The summed E-state index contributed by atoms with van der Waals surface area (Å²) in [6.45, 7) is 7.10. The number of hydrogen-bond acceptors (Lipinski definition) is 7. The number of carbonyl (C=O) groups is 3. The number of aliphatic hydroxyl groups excluding tert-OH is 1. The van der Waals surface area contributed by atoms with E-state index in [2.05, 4.69) is 10.6 Å². The van der Waals surface area contributed by atoms with Crippen LogP contribution in [0.2, 0.25) is 0 Å². The largest absolute Gasteiger partial charge is 0.490 e. The van der Waals surface area contributed by atoms with Crippen LogP contribution >= 0.6 is 0 Å². The first-order chi connectivity index (χ1) is 23.6. The zero-order valence-corrected chi connectivity index (χ0v) is 29.9. The van der Waals surface area contributed by atoms with E-state index in [0.29, 0.717) is 31.7 Å². The molecule has 278 valence electrons. The summed E-state index contributed by atoms with van der Waals surface area (Å²) in [4.78, 5) is 45.3. The number of anilines is 2. The van der Waals surface area contributed by atoms with Gasteiger partial charge in [-0.15, -0.1) is 0 Å². The van der Waals surface area contributed by atoms with Gasteiger partial charge in [-0.3, -0.25) is 9.59 Å².